The third kappa shape index (κ3) is 1.78. The molecule has 94 valence electrons. The van der Waals surface area contributed by atoms with Gasteiger partial charge < -0.3 is 14.8 Å². The Balaban J connectivity index is 1.98. The van der Waals surface area contributed by atoms with E-state index in [1.807, 2.05) is 31.2 Å². The van der Waals surface area contributed by atoms with E-state index in [2.05, 4.69) is 5.32 Å². The number of para-hydroxylation sites is 1. The maximum Gasteiger partial charge on any atom is 0.307 e. The minimum absolute atomic E-state index is 0.0698. The zero-order chi connectivity index (χ0) is 12.7. The van der Waals surface area contributed by atoms with Crippen molar-refractivity contribution in [1.29, 1.82) is 0 Å². The summed E-state index contributed by atoms with van der Waals surface area (Å²) >= 11 is 0. The molecule has 0 aliphatic carbocycles. The summed E-state index contributed by atoms with van der Waals surface area (Å²) in [7, 11) is 0. The molecule has 1 aromatic heterocycles. The number of carboxylic acids is 1. The second-order valence-corrected chi connectivity index (χ2v) is 4.85. The van der Waals surface area contributed by atoms with Crippen LogP contribution in [0.25, 0.3) is 11.0 Å². The Morgan fingerprint density at radius 2 is 2.33 bits per heavy atom. The van der Waals surface area contributed by atoms with Crippen LogP contribution in [0.5, 0.6) is 0 Å². The Kier molecular flexibility index (Phi) is 2.59. The van der Waals surface area contributed by atoms with Crippen LogP contribution in [-0.4, -0.2) is 17.6 Å². The Hall–Kier alpha value is -1.81. The molecule has 2 aromatic rings. The van der Waals surface area contributed by atoms with Gasteiger partial charge in [0.15, 0.2) is 0 Å². The standard InChI is InChI=1S/C14H15NO3/c1-8-5-9-3-2-4-11(13(9)18-8)12-6-10(7-15-12)14(16)17/h2-5,10,12,15H,6-7H2,1H3,(H,16,17). The molecular weight excluding hydrogens is 230 g/mol. The van der Waals surface area contributed by atoms with Gasteiger partial charge in [-0.15, -0.1) is 0 Å². The largest absolute Gasteiger partial charge is 0.481 e. The van der Waals surface area contributed by atoms with Gasteiger partial charge in [0, 0.05) is 23.5 Å². The van der Waals surface area contributed by atoms with Gasteiger partial charge in [-0.25, -0.2) is 0 Å². The fourth-order valence-corrected chi connectivity index (χ4v) is 2.65. The molecule has 4 nitrogen and oxygen atoms in total. The van der Waals surface area contributed by atoms with Gasteiger partial charge in [0.1, 0.15) is 11.3 Å². The molecule has 1 aliphatic heterocycles. The molecule has 4 heteroatoms. The Morgan fingerprint density at radius 3 is 3.06 bits per heavy atom. The van der Waals surface area contributed by atoms with Crippen LogP contribution in [0, 0.1) is 12.8 Å². The molecule has 2 heterocycles. The van der Waals surface area contributed by atoms with Gasteiger partial charge >= 0.3 is 5.97 Å². The van der Waals surface area contributed by atoms with E-state index >= 15 is 0 Å². The lowest BCUT2D eigenvalue weighted by Gasteiger charge is -2.10. The van der Waals surface area contributed by atoms with Crippen molar-refractivity contribution in [1.82, 2.24) is 5.32 Å². The first-order valence-corrected chi connectivity index (χ1v) is 6.10. The van der Waals surface area contributed by atoms with E-state index in [1.165, 1.54) is 0 Å². The number of aliphatic carboxylic acids is 1. The highest BCUT2D eigenvalue weighted by molar-refractivity contribution is 5.82. The molecule has 0 spiro atoms. The predicted molar refractivity (Wildman–Crippen MR) is 67.4 cm³/mol. The average Bonchev–Trinajstić information content (AvgIpc) is 2.92. The average molecular weight is 245 g/mol. The molecule has 0 radical (unpaired) electrons. The molecule has 3 rings (SSSR count). The molecule has 18 heavy (non-hydrogen) atoms. The third-order valence-corrected chi connectivity index (χ3v) is 3.55. The Labute approximate surface area is 105 Å². The lowest BCUT2D eigenvalue weighted by molar-refractivity contribution is -0.141. The van der Waals surface area contributed by atoms with Crippen LogP contribution in [0.15, 0.2) is 28.7 Å². The molecule has 1 aliphatic rings. The summed E-state index contributed by atoms with van der Waals surface area (Å²) in [5, 5.41) is 13.4. The second-order valence-electron chi connectivity index (χ2n) is 4.85. The van der Waals surface area contributed by atoms with Crippen LogP contribution in [0.1, 0.15) is 23.8 Å². The predicted octanol–water partition coefficient (Wildman–Crippen LogP) is 2.48. The van der Waals surface area contributed by atoms with Crippen LogP contribution in [-0.2, 0) is 4.79 Å². The van der Waals surface area contributed by atoms with Crippen LogP contribution in [0.4, 0.5) is 0 Å². The summed E-state index contributed by atoms with van der Waals surface area (Å²) in [6.45, 7) is 2.45. The van der Waals surface area contributed by atoms with E-state index < -0.39 is 5.97 Å². The summed E-state index contributed by atoms with van der Waals surface area (Å²) in [6, 6.07) is 8.08. The zero-order valence-electron chi connectivity index (χ0n) is 10.1. The number of rotatable bonds is 2. The lowest BCUT2D eigenvalue weighted by Crippen LogP contribution is -2.17. The monoisotopic (exact) mass is 245 g/mol. The number of hydrogen-bond acceptors (Lipinski definition) is 3. The number of aryl methyl sites for hydroxylation is 1. The number of furan rings is 1. The van der Waals surface area contributed by atoms with Crippen molar-refractivity contribution >= 4 is 16.9 Å². The van der Waals surface area contributed by atoms with E-state index in [4.69, 9.17) is 9.52 Å². The van der Waals surface area contributed by atoms with Crippen molar-refractivity contribution in [3.63, 3.8) is 0 Å². The van der Waals surface area contributed by atoms with E-state index in [9.17, 15) is 4.79 Å². The van der Waals surface area contributed by atoms with Gasteiger partial charge in [0.05, 0.1) is 5.92 Å². The molecule has 2 atom stereocenters. The smallest absolute Gasteiger partial charge is 0.307 e. The number of fused-ring (bicyclic) bond motifs is 1. The van der Waals surface area contributed by atoms with Crippen LogP contribution < -0.4 is 5.32 Å². The van der Waals surface area contributed by atoms with Crippen LogP contribution >= 0.6 is 0 Å². The quantitative estimate of drug-likeness (QED) is 0.853. The molecule has 2 N–H and O–H groups in total. The Morgan fingerprint density at radius 1 is 1.50 bits per heavy atom. The van der Waals surface area contributed by atoms with Crippen molar-refractivity contribution in [3.05, 3.63) is 35.6 Å². The number of hydrogen-bond donors (Lipinski definition) is 2. The third-order valence-electron chi connectivity index (χ3n) is 3.55. The molecule has 0 bridgehead atoms. The first-order chi connectivity index (χ1) is 8.65. The number of nitrogens with one attached hydrogen (secondary N) is 1. The van der Waals surface area contributed by atoms with E-state index in [1.54, 1.807) is 0 Å². The summed E-state index contributed by atoms with van der Waals surface area (Å²) < 4.78 is 5.72. The van der Waals surface area contributed by atoms with Crippen LogP contribution in [0.2, 0.25) is 0 Å². The molecule has 1 aromatic carbocycles. The van der Waals surface area contributed by atoms with Crippen molar-refractivity contribution in [2.75, 3.05) is 6.54 Å². The highest BCUT2D eigenvalue weighted by atomic mass is 16.4. The van der Waals surface area contributed by atoms with Crippen LogP contribution in [0.3, 0.4) is 0 Å². The SMILES string of the molecule is Cc1cc2cccc(C3CC(C(=O)O)CN3)c2o1. The molecule has 1 saturated heterocycles. The number of carbonyl (C=O) groups is 1. The van der Waals surface area contributed by atoms with Gasteiger partial charge in [0.2, 0.25) is 0 Å². The topological polar surface area (TPSA) is 62.5 Å². The molecule has 2 unspecified atom stereocenters. The minimum atomic E-state index is -0.729. The molecule has 0 amide bonds. The van der Waals surface area contributed by atoms with Crippen molar-refractivity contribution in [2.24, 2.45) is 5.92 Å². The van der Waals surface area contributed by atoms with Gasteiger partial charge in [-0.2, -0.15) is 0 Å². The highest BCUT2D eigenvalue weighted by Crippen LogP contribution is 2.33. The summed E-state index contributed by atoms with van der Waals surface area (Å²) in [5.41, 5.74) is 1.93. The summed E-state index contributed by atoms with van der Waals surface area (Å²) in [4.78, 5) is 11.0. The summed E-state index contributed by atoms with van der Waals surface area (Å²) in [5.74, 6) is -0.153. The maximum atomic E-state index is 11.0. The van der Waals surface area contributed by atoms with Gasteiger partial charge in [-0.05, 0) is 19.4 Å². The molecule has 1 fully saturated rings. The Bertz CT molecular complexity index is 602. The van der Waals surface area contributed by atoms with Crippen molar-refractivity contribution < 1.29 is 14.3 Å². The first kappa shape index (κ1) is 11.3. The fraction of sp³-hybridized carbons (Fsp3) is 0.357. The minimum Gasteiger partial charge on any atom is -0.481 e. The maximum absolute atomic E-state index is 11.0. The van der Waals surface area contributed by atoms with Crippen molar-refractivity contribution in [2.45, 2.75) is 19.4 Å². The second kappa shape index (κ2) is 4.14. The van der Waals surface area contributed by atoms with Gasteiger partial charge in [0.25, 0.3) is 0 Å². The van der Waals surface area contributed by atoms with E-state index in [0.717, 1.165) is 22.3 Å². The van der Waals surface area contributed by atoms with E-state index in [-0.39, 0.29) is 12.0 Å². The molecular formula is C14H15NO3. The summed E-state index contributed by atoms with van der Waals surface area (Å²) in [6.07, 6.45) is 0.619. The number of benzene rings is 1. The van der Waals surface area contributed by atoms with Gasteiger partial charge in [-0.3, -0.25) is 4.79 Å². The lowest BCUT2D eigenvalue weighted by atomic mass is 9.99. The molecule has 0 saturated carbocycles. The zero-order valence-corrected chi connectivity index (χ0v) is 10.1. The number of carboxylic acid groups (broad SMARTS) is 1. The fourth-order valence-electron chi connectivity index (χ4n) is 2.65. The van der Waals surface area contributed by atoms with Gasteiger partial charge in [-0.1, -0.05) is 18.2 Å². The first-order valence-electron chi connectivity index (χ1n) is 6.10. The van der Waals surface area contributed by atoms with E-state index in [0.29, 0.717) is 13.0 Å². The normalized spacial score (nSPS) is 23.6. The van der Waals surface area contributed by atoms with Crippen molar-refractivity contribution in [3.8, 4) is 0 Å². The highest BCUT2D eigenvalue weighted by Gasteiger charge is 2.31.